The molecule has 4 rings (SSSR count). The molecule has 8 heteroatoms. The lowest BCUT2D eigenvalue weighted by Crippen LogP contribution is -2.07. The number of aromatic nitrogens is 5. The lowest BCUT2D eigenvalue weighted by molar-refractivity contribution is 0.510. The fraction of sp³-hybridized carbons (Fsp3) is 0.111. The maximum atomic E-state index is 13.9. The third kappa shape index (κ3) is 3.32. The molecule has 1 aromatic carbocycles. The standard InChI is InChI=1S/C18H12BrF2N5/c19-11-4-5-12(22-8-11)6-7-26-10-16-15(9-23-26)24-18(25-16)13-2-1-3-14(20)17(13)21/h1-5,8-10H,6-7H2. The van der Waals surface area contributed by atoms with Gasteiger partial charge in [0.15, 0.2) is 17.5 Å². The molecule has 5 nitrogen and oxygen atoms in total. The zero-order chi connectivity index (χ0) is 18.1. The molecule has 0 atom stereocenters. The number of imidazole rings is 1. The van der Waals surface area contributed by atoms with E-state index in [9.17, 15) is 8.78 Å². The van der Waals surface area contributed by atoms with Gasteiger partial charge in [-0.1, -0.05) is 6.07 Å². The van der Waals surface area contributed by atoms with Crippen LogP contribution in [-0.2, 0) is 13.0 Å². The van der Waals surface area contributed by atoms with Crippen molar-refractivity contribution in [3.8, 4) is 22.8 Å². The fourth-order valence-corrected chi connectivity index (χ4v) is 2.80. The molecule has 2 aliphatic heterocycles. The molecule has 0 aliphatic carbocycles. The summed E-state index contributed by atoms with van der Waals surface area (Å²) in [6, 6.07) is 7.82. The summed E-state index contributed by atoms with van der Waals surface area (Å²) >= 11 is 3.35. The monoisotopic (exact) mass is 415 g/mol. The topological polar surface area (TPSA) is 56.5 Å². The summed E-state index contributed by atoms with van der Waals surface area (Å²) in [5.74, 6) is -1.73. The van der Waals surface area contributed by atoms with Crippen LogP contribution in [0.15, 0.2) is 53.4 Å². The molecule has 0 spiro atoms. The van der Waals surface area contributed by atoms with Gasteiger partial charge in [0, 0.05) is 29.3 Å². The Hall–Kier alpha value is -2.74. The first-order valence-corrected chi connectivity index (χ1v) is 8.64. The highest BCUT2D eigenvalue weighted by Crippen LogP contribution is 2.26. The van der Waals surface area contributed by atoms with Gasteiger partial charge in [0.1, 0.15) is 11.4 Å². The Morgan fingerprint density at radius 3 is 2.65 bits per heavy atom. The van der Waals surface area contributed by atoms with Crippen LogP contribution < -0.4 is 0 Å². The second-order valence-corrected chi connectivity index (χ2v) is 6.59. The summed E-state index contributed by atoms with van der Waals surface area (Å²) in [4.78, 5) is 12.9. The number of pyridine rings is 1. The first kappa shape index (κ1) is 16.7. The van der Waals surface area contributed by atoms with Crippen molar-refractivity contribution in [3.05, 3.63) is 70.7 Å². The fourth-order valence-electron chi connectivity index (χ4n) is 2.56. The van der Waals surface area contributed by atoms with Crippen molar-refractivity contribution in [1.82, 2.24) is 24.7 Å². The largest absolute Gasteiger partial charge is 0.270 e. The number of nitrogens with zero attached hydrogens (tertiary/aromatic N) is 5. The van der Waals surface area contributed by atoms with Crippen LogP contribution in [0.3, 0.4) is 0 Å². The van der Waals surface area contributed by atoms with Gasteiger partial charge in [0.2, 0.25) is 0 Å². The van der Waals surface area contributed by atoms with E-state index in [-0.39, 0.29) is 11.4 Å². The molecule has 130 valence electrons. The predicted octanol–water partition coefficient (Wildman–Crippen LogP) is 4.12. The Morgan fingerprint density at radius 2 is 1.85 bits per heavy atom. The number of aryl methyl sites for hydroxylation is 2. The summed E-state index contributed by atoms with van der Waals surface area (Å²) in [7, 11) is 0. The SMILES string of the molecule is Fc1cccc(-c2nc3cnn(CCc4ccc(Br)cn4)cc-3n2)c1F. The van der Waals surface area contributed by atoms with Gasteiger partial charge in [-0.3, -0.25) is 9.67 Å². The summed E-state index contributed by atoms with van der Waals surface area (Å²) in [6.45, 7) is 0.612. The molecule has 2 aliphatic rings. The zero-order valence-electron chi connectivity index (χ0n) is 13.4. The smallest absolute Gasteiger partial charge is 0.169 e. The maximum absolute atomic E-state index is 13.9. The van der Waals surface area contributed by atoms with Gasteiger partial charge in [-0.2, -0.15) is 5.10 Å². The molecule has 3 heterocycles. The summed E-state index contributed by atoms with van der Waals surface area (Å²) < 4.78 is 30.0. The zero-order valence-corrected chi connectivity index (χ0v) is 15.0. The van der Waals surface area contributed by atoms with Gasteiger partial charge in [-0.05, 0) is 40.2 Å². The minimum atomic E-state index is -0.954. The van der Waals surface area contributed by atoms with E-state index < -0.39 is 11.6 Å². The third-order valence-electron chi connectivity index (χ3n) is 3.89. The van der Waals surface area contributed by atoms with E-state index in [0.29, 0.717) is 24.4 Å². The van der Waals surface area contributed by atoms with E-state index in [1.807, 2.05) is 12.1 Å². The summed E-state index contributed by atoms with van der Waals surface area (Å²) in [5, 5.41) is 4.30. The number of rotatable bonds is 4. The van der Waals surface area contributed by atoms with Gasteiger partial charge >= 0.3 is 0 Å². The minimum Gasteiger partial charge on any atom is -0.270 e. The van der Waals surface area contributed by atoms with Crippen molar-refractivity contribution in [2.45, 2.75) is 13.0 Å². The van der Waals surface area contributed by atoms with Crippen LogP contribution in [0.4, 0.5) is 8.78 Å². The van der Waals surface area contributed by atoms with Crippen molar-refractivity contribution in [3.63, 3.8) is 0 Å². The highest BCUT2D eigenvalue weighted by molar-refractivity contribution is 9.10. The third-order valence-corrected chi connectivity index (χ3v) is 4.36. The Balaban J connectivity index is 1.59. The number of fused-ring (bicyclic) bond motifs is 1. The van der Waals surface area contributed by atoms with Crippen molar-refractivity contribution in [1.29, 1.82) is 0 Å². The Labute approximate surface area is 156 Å². The lowest BCUT2D eigenvalue weighted by atomic mass is 10.2. The summed E-state index contributed by atoms with van der Waals surface area (Å²) in [6.07, 6.45) is 5.76. The van der Waals surface area contributed by atoms with Crippen LogP contribution in [0.5, 0.6) is 0 Å². The van der Waals surface area contributed by atoms with Crippen molar-refractivity contribution >= 4 is 15.9 Å². The van der Waals surface area contributed by atoms with Gasteiger partial charge in [-0.15, -0.1) is 0 Å². The van der Waals surface area contributed by atoms with E-state index in [1.54, 1.807) is 23.3 Å². The maximum Gasteiger partial charge on any atom is 0.169 e. The van der Waals surface area contributed by atoms with Crippen molar-refractivity contribution in [2.24, 2.45) is 0 Å². The molecule has 0 saturated heterocycles. The van der Waals surface area contributed by atoms with Crippen LogP contribution in [0, 0.1) is 11.6 Å². The average Bonchev–Trinajstić information content (AvgIpc) is 3.06. The molecule has 0 unspecified atom stereocenters. The predicted molar refractivity (Wildman–Crippen MR) is 95.4 cm³/mol. The number of benzene rings is 1. The molecule has 0 N–H and O–H groups in total. The van der Waals surface area contributed by atoms with E-state index in [4.69, 9.17) is 0 Å². The van der Waals surface area contributed by atoms with Crippen LogP contribution in [0.1, 0.15) is 5.69 Å². The molecular weight excluding hydrogens is 404 g/mol. The minimum absolute atomic E-state index is 0.0341. The van der Waals surface area contributed by atoms with Crippen LogP contribution in [-0.4, -0.2) is 24.7 Å². The highest BCUT2D eigenvalue weighted by atomic mass is 79.9. The molecule has 1 aromatic heterocycles. The molecule has 0 radical (unpaired) electrons. The van der Waals surface area contributed by atoms with Crippen LogP contribution in [0.25, 0.3) is 22.8 Å². The molecule has 0 saturated carbocycles. The van der Waals surface area contributed by atoms with E-state index in [0.717, 1.165) is 16.2 Å². The van der Waals surface area contributed by atoms with Crippen molar-refractivity contribution < 1.29 is 8.78 Å². The van der Waals surface area contributed by atoms with Crippen LogP contribution in [0.2, 0.25) is 0 Å². The normalized spacial score (nSPS) is 11.2. The first-order chi connectivity index (χ1) is 12.6. The quantitative estimate of drug-likeness (QED) is 0.502. The molecule has 0 amide bonds. The second-order valence-electron chi connectivity index (χ2n) is 5.67. The Morgan fingerprint density at radius 1 is 1.00 bits per heavy atom. The van der Waals surface area contributed by atoms with Gasteiger partial charge in [-0.25, -0.2) is 18.7 Å². The lowest BCUT2D eigenvalue weighted by Gasteiger charge is -2.06. The molecule has 2 aromatic rings. The average molecular weight is 416 g/mol. The Kier molecular flexibility index (Phi) is 4.42. The van der Waals surface area contributed by atoms with Crippen LogP contribution >= 0.6 is 15.9 Å². The van der Waals surface area contributed by atoms with E-state index in [1.165, 1.54) is 12.1 Å². The summed E-state index contributed by atoms with van der Waals surface area (Å²) in [5.41, 5.74) is 2.08. The van der Waals surface area contributed by atoms with Gasteiger partial charge < -0.3 is 0 Å². The molecule has 0 bridgehead atoms. The second kappa shape index (κ2) is 6.87. The Bertz CT molecular complexity index is 1030. The number of hydrogen-bond donors (Lipinski definition) is 0. The first-order valence-electron chi connectivity index (χ1n) is 7.85. The molecular formula is C18H12BrF2N5. The highest BCUT2D eigenvalue weighted by Gasteiger charge is 2.17. The molecule has 26 heavy (non-hydrogen) atoms. The number of hydrogen-bond acceptors (Lipinski definition) is 4. The van der Waals surface area contributed by atoms with Crippen molar-refractivity contribution in [2.75, 3.05) is 0 Å². The number of halogens is 3. The van der Waals surface area contributed by atoms with Gasteiger partial charge in [0.05, 0.1) is 18.0 Å². The molecule has 0 fully saturated rings. The van der Waals surface area contributed by atoms with E-state index >= 15 is 0 Å². The van der Waals surface area contributed by atoms with E-state index in [2.05, 4.69) is 36.0 Å². The van der Waals surface area contributed by atoms with Gasteiger partial charge in [0.25, 0.3) is 0 Å².